The second kappa shape index (κ2) is 15.7. The predicted octanol–water partition coefficient (Wildman–Crippen LogP) is 6.89. The van der Waals surface area contributed by atoms with Crippen LogP contribution in [0.25, 0.3) is 6.08 Å². The second-order valence-electron chi connectivity index (χ2n) is 9.57. The molecule has 11 heteroatoms. The highest BCUT2D eigenvalue weighted by Crippen LogP contribution is 2.31. The molecule has 0 spiro atoms. The van der Waals surface area contributed by atoms with Crippen molar-refractivity contribution in [3.05, 3.63) is 113 Å². The fourth-order valence-corrected chi connectivity index (χ4v) is 5.18. The van der Waals surface area contributed by atoms with E-state index in [4.69, 9.17) is 25.8 Å². The minimum atomic E-state index is -0.530. The molecule has 0 aliphatic rings. The zero-order valence-corrected chi connectivity index (χ0v) is 26.6. The Bertz CT molecular complexity index is 1700. The van der Waals surface area contributed by atoms with Crippen LogP contribution in [0.15, 0.2) is 102 Å². The number of benzene rings is 4. The lowest BCUT2D eigenvalue weighted by molar-refractivity contribution is -0.115. The molecular weight excluding hydrogens is 614 g/mol. The average molecular weight is 646 g/mol. The van der Waals surface area contributed by atoms with Crippen molar-refractivity contribution >= 4 is 58.5 Å². The van der Waals surface area contributed by atoms with Gasteiger partial charge >= 0.3 is 0 Å². The number of methoxy groups -OCH3 is 3. The first-order valence-electron chi connectivity index (χ1n) is 13.7. The predicted molar refractivity (Wildman–Crippen MR) is 178 cm³/mol. The number of carbonyl (C=O) groups is 3. The topological polar surface area (TPSA) is 115 Å². The van der Waals surface area contributed by atoms with Crippen LogP contribution in [-0.2, 0) is 9.59 Å². The van der Waals surface area contributed by atoms with Crippen LogP contribution in [0.1, 0.15) is 22.8 Å². The molecule has 1 atom stereocenters. The number of halogens is 1. The molecule has 3 N–H and O–H groups in total. The molecule has 232 valence electrons. The van der Waals surface area contributed by atoms with Gasteiger partial charge in [0.1, 0.15) is 11.4 Å². The van der Waals surface area contributed by atoms with Crippen molar-refractivity contribution in [2.24, 2.45) is 0 Å². The lowest BCUT2D eigenvalue weighted by Gasteiger charge is -2.15. The Morgan fingerprint density at radius 3 is 2.11 bits per heavy atom. The molecule has 0 aliphatic heterocycles. The van der Waals surface area contributed by atoms with Gasteiger partial charge in [-0.05, 0) is 85.3 Å². The largest absolute Gasteiger partial charge is 0.495 e. The molecule has 0 aromatic heterocycles. The highest BCUT2D eigenvalue weighted by Gasteiger charge is 2.18. The molecule has 3 amide bonds. The molecule has 0 heterocycles. The summed E-state index contributed by atoms with van der Waals surface area (Å²) in [5.74, 6) is 0.317. The van der Waals surface area contributed by atoms with Crippen molar-refractivity contribution in [2.75, 3.05) is 32.0 Å². The Kier molecular flexibility index (Phi) is 11.5. The second-order valence-corrected chi connectivity index (χ2v) is 11.4. The van der Waals surface area contributed by atoms with Crippen molar-refractivity contribution in [3.63, 3.8) is 0 Å². The van der Waals surface area contributed by atoms with E-state index in [0.29, 0.717) is 44.8 Å². The first-order valence-corrected chi connectivity index (χ1v) is 15.0. The molecule has 1 unspecified atom stereocenters. The molecule has 0 radical (unpaired) electrons. The highest BCUT2D eigenvalue weighted by molar-refractivity contribution is 8.00. The van der Waals surface area contributed by atoms with Crippen molar-refractivity contribution in [2.45, 2.75) is 17.1 Å². The summed E-state index contributed by atoms with van der Waals surface area (Å²) in [5, 5.41) is 8.44. The summed E-state index contributed by atoms with van der Waals surface area (Å²) >= 11 is 7.43. The maximum Gasteiger partial charge on any atom is 0.272 e. The van der Waals surface area contributed by atoms with E-state index in [1.807, 2.05) is 0 Å². The molecule has 45 heavy (non-hydrogen) atoms. The van der Waals surface area contributed by atoms with E-state index in [1.54, 1.807) is 104 Å². The zero-order valence-electron chi connectivity index (χ0n) is 25.1. The van der Waals surface area contributed by atoms with E-state index in [-0.39, 0.29) is 11.6 Å². The quantitative estimate of drug-likeness (QED) is 0.113. The first-order chi connectivity index (χ1) is 21.7. The minimum absolute atomic E-state index is 0.0243. The van der Waals surface area contributed by atoms with Gasteiger partial charge in [-0.15, -0.1) is 11.8 Å². The number of hydrogen-bond acceptors (Lipinski definition) is 7. The van der Waals surface area contributed by atoms with E-state index in [1.165, 1.54) is 33.1 Å². The summed E-state index contributed by atoms with van der Waals surface area (Å²) < 4.78 is 16.0. The zero-order chi connectivity index (χ0) is 32.3. The van der Waals surface area contributed by atoms with Gasteiger partial charge in [0.05, 0.1) is 32.3 Å². The molecule has 0 fully saturated rings. The summed E-state index contributed by atoms with van der Waals surface area (Å²) in [5.41, 5.74) is 2.02. The van der Waals surface area contributed by atoms with Gasteiger partial charge in [0.2, 0.25) is 5.91 Å². The number of thioether (sulfide) groups is 1. The summed E-state index contributed by atoms with van der Waals surface area (Å²) in [6.45, 7) is 1.79. The van der Waals surface area contributed by atoms with Gasteiger partial charge in [-0.3, -0.25) is 14.4 Å². The third kappa shape index (κ3) is 9.04. The molecule has 0 saturated carbocycles. The number of rotatable bonds is 12. The number of amides is 3. The van der Waals surface area contributed by atoms with Gasteiger partial charge in [0.25, 0.3) is 11.8 Å². The number of nitrogens with one attached hydrogen (secondary N) is 3. The fourth-order valence-electron chi connectivity index (χ4n) is 4.14. The lowest BCUT2D eigenvalue weighted by atomic mass is 10.1. The van der Waals surface area contributed by atoms with Gasteiger partial charge in [-0.25, -0.2) is 0 Å². The van der Waals surface area contributed by atoms with Gasteiger partial charge in [0.15, 0.2) is 11.5 Å². The Morgan fingerprint density at radius 2 is 1.44 bits per heavy atom. The van der Waals surface area contributed by atoms with Gasteiger partial charge in [-0.1, -0.05) is 35.9 Å². The molecule has 9 nitrogen and oxygen atoms in total. The molecule has 4 rings (SSSR count). The van der Waals surface area contributed by atoms with Crippen LogP contribution in [0.4, 0.5) is 11.4 Å². The van der Waals surface area contributed by atoms with Crippen LogP contribution < -0.4 is 30.2 Å². The van der Waals surface area contributed by atoms with E-state index in [0.717, 1.165) is 4.90 Å². The van der Waals surface area contributed by atoms with Crippen LogP contribution in [0.2, 0.25) is 5.02 Å². The smallest absolute Gasteiger partial charge is 0.272 e. The summed E-state index contributed by atoms with van der Waals surface area (Å²) in [6, 6.07) is 25.8. The Labute approximate surface area is 270 Å². The average Bonchev–Trinajstić information content (AvgIpc) is 3.05. The summed E-state index contributed by atoms with van der Waals surface area (Å²) in [6.07, 6.45) is 1.55. The third-order valence-electron chi connectivity index (χ3n) is 6.46. The van der Waals surface area contributed by atoms with Crippen LogP contribution in [-0.4, -0.2) is 44.3 Å². The number of anilines is 2. The minimum Gasteiger partial charge on any atom is -0.495 e. The summed E-state index contributed by atoms with van der Waals surface area (Å²) in [7, 11) is 4.56. The molecular formula is C34H32ClN3O6S. The standard InChI is InChI=1S/C34H32ClN3O6S/c1-21(32(39)37-27-20-24(35)11-17-29(27)42-2)45-26-14-12-25(13-15-26)36-34(41)28(38-33(40)23-8-6-5-7-9-23)18-22-10-16-30(43-3)31(19-22)44-4/h5-21H,1-4H3,(H,36,41)(H,37,39)(H,38,40)/b28-18-. The van der Waals surface area contributed by atoms with Crippen LogP contribution in [0.3, 0.4) is 0 Å². The molecule has 0 aliphatic carbocycles. The van der Waals surface area contributed by atoms with Crippen molar-refractivity contribution in [1.29, 1.82) is 0 Å². The number of ether oxygens (including phenoxy) is 3. The number of carbonyl (C=O) groups excluding carboxylic acids is 3. The van der Waals surface area contributed by atoms with Gasteiger partial charge in [0, 0.05) is 21.2 Å². The monoisotopic (exact) mass is 645 g/mol. The maximum absolute atomic E-state index is 13.4. The number of hydrogen-bond donors (Lipinski definition) is 3. The Hall–Kier alpha value is -4.93. The van der Waals surface area contributed by atoms with Crippen molar-refractivity contribution in [1.82, 2.24) is 5.32 Å². The molecule has 0 saturated heterocycles. The summed E-state index contributed by atoms with van der Waals surface area (Å²) in [4.78, 5) is 40.1. The van der Waals surface area contributed by atoms with E-state index in [2.05, 4.69) is 16.0 Å². The Morgan fingerprint density at radius 1 is 0.778 bits per heavy atom. The van der Waals surface area contributed by atoms with E-state index < -0.39 is 17.1 Å². The maximum atomic E-state index is 13.4. The van der Waals surface area contributed by atoms with Crippen LogP contribution >= 0.6 is 23.4 Å². The van der Waals surface area contributed by atoms with E-state index >= 15 is 0 Å². The Balaban J connectivity index is 1.47. The SMILES string of the molecule is COc1ccc(Cl)cc1NC(=O)C(C)Sc1ccc(NC(=O)/C(=C/c2ccc(OC)c(OC)c2)NC(=O)c2ccccc2)cc1. The highest BCUT2D eigenvalue weighted by atomic mass is 35.5. The van der Waals surface area contributed by atoms with Crippen molar-refractivity contribution in [3.8, 4) is 17.2 Å². The molecule has 4 aromatic rings. The third-order valence-corrected chi connectivity index (χ3v) is 7.81. The normalized spacial score (nSPS) is 11.6. The van der Waals surface area contributed by atoms with Gasteiger partial charge in [-0.2, -0.15) is 0 Å². The van der Waals surface area contributed by atoms with Crippen LogP contribution in [0.5, 0.6) is 17.2 Å². The van der Waals surface area contributed by atoms with Gasteiger partial charge < -0.3 is 30.2 Å². The first kappa shape index (κ1) is 33.0. The fraction of sp³-hybridized carbons (Fsp3) is 0.147. The van der Waals surface area contributed by atoms with E-state index in [9.17, 15) is 14.4 Å². The molecule has 0 bridgehead atoms. The van der Waals surface area contributed by atoms with Crippen molar-refractivity contribution < 1.29 is 28.6 Å². The lowest BCUT2D eigenvalue weighted by Crippen LogP contribution is -2.30. The van der Waals surface area contributed by atoms with Crippen LogP contribution in [0, 0.1) is 0 Å². The molecule has 4 aromatic carbocycles.